The topological polar surface area (TPSA) is 15.3 Å². The van der Waals surface area contributed by atoms with Crippen LogP contribution < -0.4 is 5.32 Å². The summed E-state index contributed by atoms with van der Waals surface area (Å²) in [6.45, 7) is 7.97. The van der Waals surface area contributed by atoms with E-state index >= 15 is 0 Å². The Bertz CT molecular complexity index is 93.3. The lowest BCUT2D eigenvalue weighted by Crippen LogP contribution is -2.30. The molecular formula is C8H18N2. The summed E-state index contributed by atoms with van der Waals surface area (Å²) in [6.07, 6.45) is 2.66. The summed E-state index contributed by atoms with van der Waals surface area (Å²) in [5, 5.41) is 3.38. The first-order valence-corrected chi connectivity index (χ1v) is 4.33. The van der Waals surface area contributed by atoms with E-state index < -0.39 is 0 Å². The Balaban J connectivity index is 2.27. The fraction of sp³-hybridized carbons (Fsp3) is 1.00. The van der Waals surface area contributed by atoms with E-state index in [0.717, 1.165) is 12.7 Å². The molecule has 1 saturated heterocycles. The van der Waals surface area contributed by atoms with E-state index in [2.05, 4.69) is 24.1 Å². The molecule has 0 aromatic carbocycles. The Hall–Kier alpha value is -0.0800. The highest BCUT2D eigenvalue weighted by atomic mass is 15.3. The van der Waals surface area contributed by atoms with Crippen molar-refractivity contribution in [2.24, 2.45) is 0 Å². The van der Waals surface area contributed by atoms with Gasteiger partial charge in [-0.3, -0.25) is 4.90 Å². The highest BCUT2D eigenvalue weighted by Crippen LogP contribution is 2.09. The molecule has 0 amide bonds. The van der Waals surface area contributed by atoms with Crippen LogP contribution in [0.1, 0.15) is 26.7 Å². The highest BCUT2D eigenvalue weighted by molar-refractivity contribution is 4.77. The van der Waals surface area contributed by atoms with Crippen LogP contribution in [0.25, 0.3) is 0 Å². The number of nitrogens with one attached hydrogen (secondary N) is 1. The maximum atomic E-state index is 3.38. The van der Waals surface area contributed by atoms with Crippen LogP contribution in [0.2, 0.25) is 0 Å². The van der Waals surface area contributed by atoms with Crippen molar-refractivity contribution in [1.82, 2.24) is 10.2 Å². The van der Waals surface area contributed by atoms with Gasteiger partial charge in [-0.2, -0.15) is 0 Å². The van der Waals surface area contributed by atoms with Gasteiger partial charge in [-0.15, -0.1) is 0 Å². The second kappa shape index (κ2) is 3.94. The molecule has 1 aliphatic rings. The third kappa shape index (κ3) is 1.70. The van der Waals surface area contributed by atoms with Crippen molar-refractivity contribution < 1.29 is 0 Å². The molecule has 1 N–H and O–H groups in total. The van der Waals surface area contributed by atoms with Gasteiger partial charge in [0.15, 0.2) is 0 Å². The quantitative estimate of drug-likeness (QED) is 0.633. The molecule has 0 aliphatic carbocycles. The summed E-state index contributed by atoms with van der Waals surface area (Å²) >= 11 is 0. The summed E-state index contributed by atoms with van der Waals surface area (Å²) in [5.74, 6) is 0. The molecule has 0 saturated carbocycles. The average molecular weight is 142 g/mol. The third-order valence-electron chi connectivity index (χ3n) is 2.24. The first-order valence-electron chi connectivity index (χ1n) is 4.33. The lowest BCUT2D eigenvalue weighted by atomic mass is 10.1. The van der Waals surface area contributed by atoms with Crippen molar-refractivity contribution in [2.75, 3.05) is 19.8 Å². The van der Waals surface area contributed by atoms with Gasteiger partial charge in [-0.1, -0.05) is 20.3 Å². The Morgan fingerprint density at radius 2 is 2.30 bits per heavy atom. The van der Waals surface area contributed by atoms with E-state index in [1.807, 2.05) is 0 Å². The Kier molecular flexibility index (Phi) is 3.16. The van der Waals surface area contributed by atoms with Crippen molar-refractivity contribution in [2.45, 2.75) is 32.7 Å². The zero-order valence-electron chi connectivity index (χ0n) is 7.06. The molecule has 60 valence electrons. The minimum Gasteiger partial charge on any atom is -0.303 e. The van der Waals surface area contributed by atoms with Crippen LogP contribution in [0.15, 0.2) is 0 Å². The predicted molar refractivity (Wildman–Crippen MR) is 43.9 cm³/mol. The van der Waals surface area contributed by atoms with Gasteiger partial charge in [0.05, 0.1) is 0 Å². The monoisotopic (exact) mass is 142 g/mol. The standard InChI is InChI=1S/C8H18N2/c1-3-5-8-6-9-7-10(8)4-2/h8-9H,3-7H2,1-2H3. The molecule has 10 heavy (non-hydrogen) atoms. The van der Waals surface area contributed by atoms with Gasteiger partial charge in [0, 0.05) is 19.3 Å². The molecule has 0 aromatic heterocycles. The van der Waals surface area contributed by atoms with Crippen molar-refractivity contribution in [3.63, 3.8) is 0 Å². The minimum absolute atomic E-state index is 0.815. The SMILES string of the molecule is CCCC1CNCN1CC. The summed E-state index contributed by atoms with van der Waals surface area (Å²) < 4.78 is 0. The van der Waals surface area contributed by atoms with E-state index in [4.69, 9.17) is 0 Å². The average Bonchev–Trinajstić information content (AvgIpc) is 2.36. The first kappa shape index (κ1) is 8.02. The fourth-order valence-corrected chi connectivity index (χ4v) is 1.62. The summed E-state index contributed by atoms with van der Waals surface area (Å²) in [6, 6.07) is 0.815. The van der Waals surface area contributed by atoms with Crippen LogP contribution in [0.3, 0.4) is 0 Å². The lowest BCUT2D eigenvalue weighted by molar-refractivity contribution is 0.259. The van der Waals surface area contributed by atoms with Crippen LogP contribution in [0.5, 0.6) is 0 Å². The Labute approximate surface area is 63.6 Å². The molecule has 0 radical (unpaired) electrons. The molecule has 1 atom stereocenters. The molecule has 0 aromatic rings. The smallest absolute Gasteiger partial charge is 0.0484 e. The van der Waals surface area contributed by atoms with Gasteiger partial charge in [0.1, 0.15) is 0 Å². The molecule has 1 rings (SSSR count). The van der Waals surface area contributed by atoms with E-state index in [-0.39, 0.29) is 0 Å². The van der Waals surface area contributed by atoms with Gasteiger partial charge in [-0.25, -0.2) is 0 Å². The first-order chi connectivity index (χ1) is 4.88. The molecule has 1 aliphatic heterocycles. The van der Waals surface area contributed by atoms with Crippen molar-refractivity contribution in [3.8, 4) is 0 Å². The van der Waals surface area contributed by atoms with Crippen molar-refractivity contribution in [1.29, 1.82) is 0 Å². The second-order valence-electron chi connectivity index (χ2n) is 2.96. The zero-order valence-corrected chi connectivity index (χ0v) is 7.06. The van der Waals surface area contributed by atoms with Gasteiger partial charge in [0.2, 0.25) is 0 Å². The van der Waals surface area contributed by atoms with Crippen LogP contribution in [0.4, 0.5) is 0 Å². The van der Waals surface area contributed by atoms with Gasteiger partial charge in [0.25, 0.3) is 0 Å². The minimum atomic E-state index is 0.815. The van der Waals surface area contributed by atoms with Crippen LogP contribution >= 0.6 is 0 Å². The Morgan fingerprint density at radius 3 is 2.90 bits per heavy atom. The van der Waals surface area contributed by atoms with Crippen LogP contribution in [0, 0.1) is 0 Å². The zero-order chi connectivity index (χ0) is 7.40. The molecule has 0 bridgehead atoms. The van der Waals surface area contributed by atoms with E-state index in [0.29, 0.717) is 0 Å². The molecule has 1 unspecified atom stereocenters. The number of hydrogen-bond acceptors (Lipinski definition) is 2. The van der Waals surface area contributed by atoms with Gasteiger partial charge >= 0.3 is 0 Å². The normalized spacial score (nSPS) is 27.6. The molecule has 2 nitrogen and oxygen atoms in total. The molecule has 0 spiro atoms. The third-order valence-corrected chi connectivity index (χ3v) is 2.24. The molecular weight excluding hydrogens is 124 g/mol. The van der Waals surface area contributed by atoms with Crippen molar-refractivity contribution in [3.05, 3.63) is 0 Å². The number of rotatable bonds is 3. The molecule has 1 fully saturated rings. The molecule has 2 heteroatoms. The molecule has 1 heterocycles. The maximum absolute atomic E-state index is 3.38. The van der Waals surface area contributed by atoms with E-state index in [9.17, 15) is 0 Å². The summed E-state index contributed by atoms with van der Waals surface area (Å²) in [7, 11) is 0. The maximum Gasteiger partial charge on any atom is 0.0484 e. The number of likely N-dealkylation sites (N-methyl/N-ethyl adjacent to an activating group) is 1. The lowest BCUT2D eigenvalue weighted by Gasteiger charge is -2.20. The number of hydrogen-bond donors (Lipinski definition) is 1. The van der Waals surface area contributed by atoms with Gasteiger partial charge in [-0.05, 0) is 13.0 Å². The van der Waals surface area contributed by atoms with E-state index in [1.165, 1.54) is 25.9 Å². The van der Waals surface area contributed by atoms with E-state index in [1.54, 1.807) is 0 Å². The second-order valence-corrected chi connectivity index (χ2v) is 2.96. The number of nitrogens with zero attached hydrogens (tertiary/aromatic N) is 1. The summed E-state index contributed by atoms with van der Waals surface area (Å²) in [5.41, 5.74) is 0. The largest absolute Gasteiger partial charge is 0.303 e. The summed E-state index contributed by atoms with van der Waals surface area (Å²) in [4.78, 5) is 2.50. The fourth-order valence-electron chi connectivity index (χ4n) is 1.62. The van der Waals surface area contributed by atoms with Crippen LogP contribution in [-0.4, -0.2) is 30.7 Å². The van der Waals surface area contributed by atoms with Crippen molar-refractivity contribution >= 4 is 0 Å². The van der Waals surface area contributed by atoms with Gasteiger partial charge < -0.3 is 5.32 Å². The van der Waals surface area contributed by atoms with Crippen LogP contribution in [-0.2, 0) is 0 Å². The Morgan fingerprint density at radius 1 is 1.50 bits per heavy atom. The predicted octanol–water partition coefficient (Wildman–Crippen LogP) is 1.04. The highest BCUT2D eigenvalue weighted by Gasteiger charge is 2.20.